The van der Waals surface area contributed by atoms with Gasteiger partial charge in [-0.05, 0) is 67.8 Å². The molecule has 1 unspecified atom stereocenters. The van der Waals surface area contributed by atoms with Crippen LogP contribution < -0.4 is 22.3 Å². The van der Waals surface area contributed by atoms with Crippen molar-refractivity contribution in [3.63, 3.8) is 0 Å². The number of amides is 1. The van der Waals surface area contributed by atoms with Gasteiger partial charge in [0.25, 0.3) is 5.91 Å². The highest BCUT2D eigenvalue weighted by Gasteiger charge is 2.25. The molecule has 0 bridgehead atoms. The van der Waals surface area contributed by atoms with Gasteiger partial charge in [0.2, 0.25) is 0 Å². The first kappa shape index (κ1) is 20.8. The number of rotatable bonds is 7. The molecule has 3 aromatic rings. The lowest BCUT2D eigenvalue weighted by molar-refractivity contribution is 0.0519. The van der Waals surface area contributed by atoms with Gasteiger partial charge in [-0.25, -0.2) is 9.37 Å². The zero-order valence-electron chi connectivity index (χ0n) is 17.1. The number of halogens is 1. The highest BCUT2D eigenvalue weighted by molar-refractivity contribution is 6.05. The zero-order chi connectivity index (χ0) is 22.0. The summed E-state index contributed by atoms with van der Waals surface area (Å²) in [5.41, 5.74) is 11.3. The largest absolute Gasteiger partial charge is 0.382 e. The van der Waals surface area contributed by atoms with Gasteiger partial charge in [-0.2, -0.15) is 0 Å². The Morgan fingerprint density at radius 1 is 1.16 bits per heavy atom. The third kappa shape index (κ3) is 4.82. The van der Waals surface area contributed by atoms with Gasteiger partial charge in [-0.3, -0.25) is 10.6 Å². The Morgan fingerprint density at radius 2 is 1.90 bits per heavy atom. The highest BCUT2D eigenvalue weighted by Crippen LogP contribution is 2.31. The number of ether oxygens (including phenoxy) is 1. The Bertz CT molecular complexity index is 1100. The smallest absolute Gasteiger partial charge is 0.258 e. The van der Waals surface area contributed by atoms with Crippen molar-refractivity contribution >= 4 is 23.1 Å². The van der Waals surface area contributed by atoms with Crippen LogP contribution in [-0.4, -0.2) is 17.0 Å². The molecule has 1 saturated carbocycles. The molecule has 1 heterocycles. The number of nitrogens with two attached hydrogens (primary N) is 2. The second-order valence-electron chi connectivity index (χ2n) is 7.52. The van der Waals surface area contributed by atoms with Gasteiger partial charge in [-0.15, -0.1) is 0 Å². The van der Waals surface area contributed by atoms with Crippen LogP contribution in [0.2, 0.25) is 0 Å². The Morgan fingerprint density at radius 3 is 2.55 bits per heavy atom. The monoisotopic (exact) mass is 421 g/mol. The van der Waals surface area contributed by atoms with Gasteiger partial charge in [0.15, 0.2) is 0 Å². The van der Waals surface area contributed by atoms with Gasteiger partial charge in [0.05, 0.1) is 29.2 Å². The quantitative estimate of drug-likeness (QED) is 0.335. The number of pyridine rings is 1. The standard InChI is InChI=1S/C23H24FN5O2/c1-13(31-17-7-8-17)14-2-5-16(6-3-14)27-23(30)18-12-15(4-9-19(18)24)20-10-11-21(29-26)22(25)28-20/h2-6,9-13,17,29H,7-8,26H2,1H3,(H2,25,28)(H,27,30). The molecule has 8 heteroatoms. The molecule has 0 aliphatic heterocycles. The van der Waals surface area contributed by atoms with E-state index in [9.17, 15) is 9.18 Å². The zero-order valence-corrected chi connectivity index (χ0v) is 17.1. The van der Waals surface area contributed by atoms with Crippen LogP contribution in [0.5, 0.6) is 0 Å². The summed E-state index contributed by atoms with van der Waals surface area (Å²) in [5.74, 6) is 4.39. The summed E-state index contributed by atoms with van der Waals surface area (Å²) in [4.78, 5) is 17.0. The van der Waals surface area contributed by atoms with Crippen LogP contribution in [0.1, 0.15) is 41.8 Å². The van der Waals surface area contributed by atoms with E-state index >= 15 is 0 Å². The SMILES string of the molecule is CC(OC1CC1)c1ccc(NC(=O)c2cc(-c3ccc(NN)c(N)n3)ccc2F)cc1. The molecule has 7 nitrogen and oxygen atoms in total. The van der Waals surface area contributed by atoms with Crippen LogP contribution in [0.15, 0.2) is 54.6 Å². The van der Waals surface area contributed by atoms with Crippen LogP contribution in [0.4, 0.5) is 21.6 Å². The molecule has 1 aliphatic rings. The number of carbonyl (C=O) groups excluding carboxylic acids is 1. The number of hydrogen-bond donors (Lipinski definition) is 4. The van der Waals surface area contributed by atoms with E-state index in [1.807, 2.05) is 19.1 Å². The van der Waals surface area contributed by atoms with Crippen molar-refractivity contribution in [3.05, 3.63) is 71.5 Å². The normalized spacial score (nSPS) is 14.2. The summed E-state index contributed by atoms with van der Waals surface area (Å²) in [7, 11) is 0. The summed E-state index contributed by atoms with van der Waals surface area (Å²) in [5, 5.41) is 2.74. The van der Waals surface area contributed by atoms with Crippen molar-refractivity contribution < 1.29 is 13.9 Å². The number of hydrogen-bond acceptors (Lipinski definition) is 6. The predicted octanol–water partition coefficient (Wildman–Crippen LogP) is 4.25. The van der Waals surface area contributed by atoms with Gasteiger partial charge < -0.3 is 21.2 Å². The van der Waals surface area contributed by atoms with Crippen molar-refractivity contribution in [2.45, 2.75) is 32.0 Å². The van der Waals surface area contributed by atoms with Crippen molar-refractivity contribution in [3.8, 4) is 11.3 Å². The number of benzene rings is 2. The summed E-state index contributed by atoms with van der Waals surface area (Å²) >= 11 is 0. The molecule has 1 aliphatic carbocycles. The van der Waals surface area contributed by atoms with Crippen molar-refractivity contribution in [2.75, 3.05) is 16.5 Å². The lowest BCUT2D eigenvalue weighted by atomic mass is 10.1. The lowest BCUT2D eigenvalue weighted by Crippen LogP contribution is -2.14. The van der Waals surface area contributed by atoms with Crippen molar-refractivity contribution in [1.29, 1.82) is 0 Å². The first-order chi connectivity index (χ1) is 14.9. The molecular formula is C23H24FN5O2. The lowest BCUT2D eigenvalue weighted by Gasteiger charge is -2.14. The number of carbonyl (C=O) groups is 1. The molecule has 1 fully saturated rings. The van der Waals surface area contributed by atoms with E-state index in [1.54, 1.807) is 30.3 Å². The molecule has 160 valence electrons. The van der Waals surface area contributed by atoms with Crippen molar-refractivity contribution in [1.82, 2.24) is 4.98 Å². The van der Waals surface area contributed by atoms with E-state index in [-0.39, 0.29) is 17.5 Å². The van der Waals surface area contributed by atoms with Gasteiger partial charge in [0.1, 0.15) is 11.6 Å². The minimum atomic E-state index is -0.627. The number of aromatic nitrogens is 1. The van der Waals surface area contributed by atoms with E-state index < -0.39 is 11.7 Å². The molecule has 4 rings (SSSR count). The first-order valence-electron chi connectivity index (χ1n) is 10.0. The topological polar surface area (TPSA) is 115 Å². The molecule has 1 atom stereocenters. The first-order valence-corrected chi connectivity index (χ1v) is 10.0. The average Bonchev–Trinajstić information content (AvgIpc) is 3.58. The van der Waals surface area contributed by atoms with Crippen LogP contribution >= 0.6 is 0 Å². The fraction of sp³-hybridized carbons (Fsp3) is 0.217. The van der Waals surface area contributed by atoms with Gasteiger partial charge >= 0.3 is 0 Å². The average molecular weight is 421 g/mol. The number of nitrogen functional groups attached to an aromatic ring is 2. The van der Waals surface area contributed by atoms with Crippen LogP contribution in [0, 0.1) is 5.82 Å². The van der Waals surface area contributed by atoms with Crippen LogP contribution in [0.3, 0.4) is 0 Å². The highest BCUT2D eigenvalue weighted by atomic mass is 19.1. The summed E-state index contributed by atoms with van der Waals surface area (Å²) in [6.45, 7) is 2.00. The van der Waals surface area contributed by atoms with Gasteiger partial charge in [-0.1, -0.05) is 12.1 Å². The van der Waals surface area contributed by atoms with E-state index in [2.05, 4.69) is 15.7 Å². The molecule has 1 aromatic heterocycles. The minimum Gasteiger partial charge on any atom is -0.382 e. The van der Waals surface area contributed by atoms with E-state index in [0.717, 1.165) is 18.4 Å². The van der Waals surface area contributed by atoms with E-state index in [1.165, 1.54) is 12.1 Å². The Labute approximate surface area is 179 Å². The fourth-order valence-corrected chi connectivity index (χ4v) is 3.22. The molecule has 2 aromatic carbocycles. The third-order valence-corrected chi connectivity index (χ3v) is 5.15. The second-order valence-corrected chi connectivity index (χ2v) is 7.52. The summed E-state index contributed by atoms with van der Waals surface area (Å²) in [6.07, 6.45) is 2.57. The fourth-order valence-electron chi connectivity index (χ4n) is 3.22. The van der Waals surface area contributed by atoms with Crippen LogP contribution in [0.25, 0.3) is 11.3 Å². The molecule has 0 spiro atoms. The Balaban J connectivity index is 1.50. The van der Waals surface area contributed by atoms with E-state index in [0.29, 0.717) is 28.7 Å². The second kappa shape index (κ2) is 8.71. The number of nitrogens with zero attached hydrogens (tertiary/aromatic N) is 1. The van der Waals surface area contributed by atoms with E-state index in [4.69, 9.17) is 16.3 Å². The van der Waals surface area contributed by atoms with Crippen LogP contribution in [-0.2, 0) is 4.74 Å². The molecule has 1 amide bonds. The maximum absolute atomic E-state index is 14.4. The maximum atomic E-state index is 14.4. The Kier molecular flexibility index (Phi) is 5.83. The maximum Gasteiger partial charge on any atom is 0.258 e. The minimum absolute atomic E-state index is 0.00725. The molecular weight excluding hydrogens is 397 g/mol. The summed E-state index contributed by atoms with van der Waals surface area (Å²) < 4.78 is 20.3. The molecule has 31 heavy (non-hydrogen) atoms. The third-order valence-electron chi connectivity index (χ3n) is 5.15. The molecule has 6 N–H and O–H groups in total. The predicted molar refractivity (Wildman–Crippen MR) is 119 cm³/mol. The number of nitrogens with one attached hydrogen (secondary N) is 2. The number of anilines is 3. The number of hydrazine groups is 1. The van der Waals surface area contributed by atoms with Crippen molar-refractivity contribution in [2.24, 2.45) is 5.84 Å². The van der Waals surface area contributed by atoms with Gasteiger partial charge in [0, 0.05) is 11.3 Å². The Hall–Kier alpha value is -3.49. The molecule has 0 saturated heterocycles. The summed E-state index contributed by atoms with van der Waals surface area (Å²) in [6, 6.07) is 14.9. The molecule has 0 radical (unpaired) electrons.